The Morgan fingerprint density at radius 2 is 2.08 bits per heavy atom. The number of hydrogen-bond acceptors (Lipinski definition) is 6. The number of amides is 1. The van der Waals surface area contributed by atoms with Crippen LogP contribution >= 0.6 is 0 Å². The first-order chi connectivity index (χ1) is 11.9. The largest absolute Gasteiger partial charge is 0.351 e. The van der Waals surface area contributed by atoms with Crippen LogP contribution in [0.4, 0.5) is 5.82 Å². The molecule has 1 aromatic carbocycles. The Morgan fingerprint density at radius 3 is 2.72 bits per heavy atom. The van der Waals surface area contributed by atoms with Crippen molar-refractivity contribution in [3.05, 3.63) is 53.7 Å². The third kappa shape index (κ3) is 5.43. The summed E-state index contributed by atoms with van der Waals surface area (Å²) in [5.74, 6) is 0.214. The molecule has 0 unspecified atom stereocenters. The Hall–Kier alpha value is -2.66. The van der Waals surface area contributed by atoms with Crippen LogP contribution in [-0.2, 0) is 10.1 Å². The molecule has 10 heteroatoms. The highest BCUT2D eigenvalue weighted by atomic mass is 32.2. The van der Waals surface area contributed by atoms with E-state index in [2.05, 4.69) is 15.4 Å². The van der Waals surface area contributed by atoms with Crippen LogP contribution in [0.5, 0.6) is 0 Å². The number of rotatable bonds is 7. The van der Waals surface area contributed by atoms with Crippen molar-refractivity contribution in [2.24, 2.45) is 10.8 Å². The van der Waals surface area contributed by atoms with Crippen molar-refractivity contribution in [2.45, 2.75) is 4.90 Å². The Bertz CT molecular complexity index is 866. The summed E-state index contributed by atoms with van der Waals surface area (Å²) in [6.45, 7) is 0.731. The van der Waals surface area contributed by atoms with E-state index in [9.17, 15) is 17.8 Å². The molecule has 0 aliphatic carbocycles. The normalized spacial score (nSPS) is 11.6. The summed E-state index contributed by atoms with van der Waals surface area (Å²) < 4.78 is 31.8. The standard InChI is InChI=1S/C15H17N5O4S/c16-7-8-17-15(21)12-5-6-14(18-9-12)20-19-10-11-3-1-2-4-13(11)25(22,23)24/h1-6,9-10H,7-8,16H2,(H,17,21)(H,18,20)(H,22,23,24)/p+1/b19-10+. The number of aromatic nitrogens is 1. The molecule has 0 aliphatic heterocycles. The van der Waals surface area contributed by atoms with E-state index in [-0.39, 0.29) is 16.4 Å². The van der Waals surface area contributed by atoms with Gasteiger partial charge in [-0.25, -0.2) is 4.98 Å². The zero-order chi connectivity index (χ0) is 18.3. The molecule has 0 saturated carbocycles. The van der Waals surface area contributed by atoms with Gasteiger partial charge in [0, 0.05) is 30.9 Å². The van der Waals surface area contributed by atoms with Crippen LogP contribution in [0.3, 0.4) is 0 Å². The quantitative estimate of drug-likeness (QED) is 0.219. The monoisotopic (exact) mass is 364 g/mol. The first-order valence-electron chi connectivity index (χ1n) is 7.29. The lowest BCUT2D eigenvalue weighted by atomic mass is 10.2. The molecule has 6 N–H and O–H groups in total. The van der Waals surface area contributed by atoms with Gasteiger partial charge in [0.2, 0.25) is 0 Å². The van der Waals surface area contributed by atoms with Gasteiger partial charge >= 0.3 is 0 Å². The zero-order valence-corrected chi connectivity index (χ0v) is 14.0. The molecule has 1 aromatic heterocycles. The highest BCUT2D eigenvalue weighted by molar-refractivity contribution is 7.86. The summed E-state index contributed by atoms with van der Waals surface area (Å²) >= 11 is 0. The number of quaternary nitrogens is 1. The molecule has 2 aromatic rings. The van der Waals surface area contributed by atoms with Crippen molar-refractivity contribution in [2.75, 3.05) is 13.1 Å². The van der Waals surface area contributed by atoms with Crippen molar-refractivity contribution < 1.29 is 23.2 Å². The van der Waals surface area contributed by atoms with Gasteiger partial charge in [-0.15, -0.1) is 0 Å². The van der Waals surface area contributed by atoms with E-state index in [4.69, 9.17) is 5.73 Å². The maximum absolute atomic E-state index is 11.7. The van der Waals surface area contributed by atoms with E-state index >= 15 is 0 Å². The maximum Gasteiger partial charge on any atom is 0.295 e. The third-order valence-electron chi connectivity index (χ3n) is 3.10. The van der Waals surface area contributed by atoms with Crippen LogP contribution in [0.2, 0.25) is 0 Å². The van der Waals surface area contributed by atoms with Crippen LogP contribution in [0, 0.1) is 0 Å². The fourth-order valence-corrected chi connectivity index (χ4v) is 2.59. The summed E-state index contributed by atoms with van der Waals surface area (Å²) in [7, 11) is -4.33. The van der Waals surface area contributed by atoms with Gasteiger partial charge in [-0.2, -0.15) is 13.8 Å². The molecule has 1 amide bonds. The minimum absolute atomic E-state index is 0.230. The van der Waals surface area contributed by atoms with Gasteiger partial charge in [0.05, 0.1) is 11.8 Å². The lowest BCUT2D eigenvalue weighted by molar-refractivity contribution is -0.580. The van der Waals surface area contributed by atoms with Gasteiger partial charge in [-0.3, -0.25) is 9.35 Å². The molecule has 0 radical (unpaired) electrons. The van der Waals surface area contributed by atoms with Crippen molar-refractivity contribution in [1.82, 2.24) is 10.3 Å². The van der Waals surface area contributed by atoms with E-state index in [0.717, 1.165) is 0 Å². The first-order valence-corrected chi connectivity index (χ1v) is 8.73. The number of hydrogen-bond donors (Lipinski definition) is 4. The smallest absolute Gasteiger partial charge is 0.295 e. The second-order valence-corrected chi connectivity index (χ2v) is 6.33. The number of carbonyl (C=O) groups excluding carboxylic acids is 1. The molecular formula is C15H18N5O4S+. The minimum Gasteiger partial charge on any atom is -0.351 e. The average molecular weight is 364 g/mol. The molecule has 0 spiro atoms. The van der Waals surface area contributed by atoms with E-state index in [1.807, 2.05) is 0 Å². The SMILES string of the molecule is NCCNC(=O)c1ccc([NH2+]/N=C/c2ccccc2S(=O)(=O)O)nc1. The Morgan fingerprint density at radius 1 is 1.32 bits per heavy atom. The molecular weight excluding hydrogens is 346 g/mol. The third-order valence-corrected chi connectivity index (χ3v) is 4.02. The van der Waals surface area contributed by atoms with Gasteiger partial charge in [0.1, 0.15) is 4.90 Å². The highest BCUT2D eigenvalue weighted by Gasteiger charge is 2.13. The molecule has 0 saturated heterocycles. The Labute approximate surface area is 144 Å². The summed E-state index contributed by atoms with van der Waals surface area (Å²) in [5.41, 5.74) is 7.36. The fourth-order valence-electron chi connectivity index (χ4n) is 1.92. The van der Waals surface area contributed by atoms with Crippen LogP contribution < -0.4 is 16.5 Å². The Balaban J connectivity index is 2.05. The summed E-state index contributed by atoms with van der Waals surface area (Å²) in [4.78, 5) is 15.6. The van der Waals surface area contributed by atoms with E-state index < -0.39 is 10.1 Å². The molecule has 0 atom stereocenters. The molecule has 9 nitrogen and oxygen atoms in total. The van der Waals surface area contributed by atoms with Crippen LogP contribution in [0.1, 0.15) is 15.9 Å². The number of nitrogens with zero attached hydrogens (tertiary/aromatic N) is 2. The van der Waals surface area contributed by atoms with Gasteiger partial charge < -0.3 is 11.1 Å². The second-order valence-electron chi connectivity index (χ2n) is 4.94. The predicted octanol–water partition coefficient (Wildman–Crippen LogP) is -0.754. The maximum atomic E-state index is 11.7. The summed E-state index contributed by atoms with van der Waals surface area (Å²) in [6.07, 6.45) is 2.70. The molecule has 0 fully saturated rings. The number of nitrogens with two attached hydrogens (primary N) is 2. The van der Waals surface area contributed by atoms with Crippen molar-refractivity contribution in [1.29, 1.82) is 0 Å². The zero-order valence-electron chi connectivity index (χ0n) is 13.2. The molecule has 2 rings (SSSR count). The van der Waals surface area contributed by atoms with Crippen LogP contribution in [0.25, 0.3) is 0 Å². The topological polar surface area (TPSA) is 151 Å². The minimum atomic E-state index is -4.33. The average Bonchev–Trinajstić information content (AvgIpc) is 2.60. The van der Waals surface area contributed by atoms with Gasteiger partial charge in [0.15, 0.2) is 0 Å². The Kier molecular flexibility index (Phi) is 6.31. The second kappa shape index (κ2) is 8.44. The van der Waals surface area contributed by atoms with Crippen molar-refractivity contribution in [3.8, 4) is 0 Å². The number of carbonyl (C=O) groups is 1. The molecule has 0 aliphatic rings. The predicted molar refractivity (Wildman–Crippen MR) is 91.1 cm³/mol. The lowest BCUT2D eigenvalue weighted by Crippen LogP contribution is -2.71. The fraction of sp³-hybridized carbons (Fsp3) is 0.133. The van der Waals surface area contributed by atoms with E-state index in [1.54, 1.807) is 18.2 Å². The van der Waals surface area contributed by atoms with E-state index in [0.29, 0.717) is 24.5 Å². The lowest BCUT2D eigenvalue weighted by Gasteiger charge is -2.02. The van der Waals surface area contributed by atoms with Gasteiger partial charge in [-0.05, 0) is 12.1 Å². The first kappa shape index (κ1) is 18.7. The molecule has 132 valence electrons. The molecule has 25 heavy (non-hydrogen) atoms. The molecule has 0 bridgehead atoms. The highest BCUT2D eigenvalue weighted by Crippen LogP contribution is 2.12. The summed E-state index contributed by atoms with van der Waals surface area (Å²) in [6, 6.07) is 9.11. The number of pyridine rings is 1. The van der Waals surface area contributed by atoms with Crippen LogP contribution in [-0.4, -0.2) is 43.2 Å². The number of benzene rings is 1. The van der Waals surface area contributed by atoms with Gasteiger partial charge in [0.25, 0.3) is 21.8 Å². The number of nitrogens with one attached hydrogen (secondary N) is 1. The molecule has 1 heterocycles. The van der Waals surface area contributed by atoms with Crippen molar-refractivity contribution >= 4 is 28.1 Å². The van der Waals surface area contributed by atoms with Crippen LogP contribution in [0.15, 0.2) is 52.6 Å². The van der Waals surface area contributed by atoms with Crippen molar-refractivity contribution in [3.63, 3.8) is 0 Å². The van der Waals surface area contributed by atoms with E-state index in [1.165, 1.54) is 36.0 Å². The summed E-state index contributed by atoms with van der Waals surface area (Å²) in [5, 5.41) is 6.63. The van der Waals surface area contributed by atoms with Gasteiger partial charge in [-0.1, -0.05) is 23.3 Å².